The summed E-state index contributed by atoms with van der Waals surface area (Å²) in [6.07, 6.45) is 2.74. The van der Waals surface area contributed by atoms with Crippen molar-refractivity contribution < 1.29 is 14.3 Å². The van der Waals surface area contributed by atoms with Gasteiger partial charge < -0.3 is 15.8 Å². The SMILES string of the molecule is CC[C@H](C)[C@H](NC(=O)c1ccc(C2(N)CC2)cc1)C(=O)OC. The van der Waals surface area contributed by atoms with Gasteiger partial charge in [-0.25, -0.2) is 4.79 Å². The minimum Gasteiger partial charge on any atom is -0.467 e. The Hall–Kier alpha value is -1.88. The van der Waals surface area contributed by atoms with Crippen LogP contribution < -0.4 is 11.1 Å². The van der Waals surface area contributed by atoms with E-state index < -0.39 is 12.0 Å². The van der Waals surface area contributed by atoms with Crippen LogP contribution in [0.2, 0.25) is 0 Å². The van der Waals surface area contributed by atoms with Gasteiger partial charge in [-0.1, -0.05) is 32.4 Å². The van der Waals surface area contributed by atoms with Crippen LogP contribution in [0.5, 0.6) is 0 Å². The summed E-state index contributed by atoms with van der Waals surface area (Å²) in [5.74, 6) is -0.684. The molecule has 0 spiro atoms. The summed E-state index contributed by atoms with van der Waals surface area (Å²) >= 11 is 0. The molecule has 5 nitrogen and oxygen atoms in total. The number of benzene rings is 1. The van der Waals surface area contributed by atoms with E-state index in [9.17, 15) is 9.59 Å². The van der Waals surface area contributed by atoms with Gasteiger partial charge in [0.25, 0.3) is 5.91 Å². The van der Waals surface area contributed by atoms with Crippen LogP contribution in [0.4, 0.5) is 0 Å². The molecule has 1 fully saturated rings. The second-order valence-electron chi connectivity index (χ2n) is 6.09. The molecular formula is C17H24N2O3. The van der Waals surface area contributed by atoms with Gasteiger partial charge in [-0.15, -0.1) is 0 Å². The number of amides is 1. The summed E-state index contributed by atoms with van der Waals surface area (Å²) in [5, 5.41) is 2.76. The Balaban J connectivity index is 2.08. The summed E-state index contributed by atoms with van der Waals surface area (Å²) in [5.41, 5.74) is 7.49. The molecule has 120 valence electrons. The maximum Gasteiger partial charge on any atom is 0.328 e. The molecule has 1 aromatic carbocycles. The average Bonchev–Trinajstić information content (AvgIpc) is 3.30. The highest BCUT2D eigenvalue weighted by Gasteiger charge is 2.39. The molecule has 2 atom stereocenters. The molecule has 1 aliphatic rings. The molecule has 2 rings (SSSR count). The molecule has 1 aliphatic carbocycles. The van der Waals surface area contributed by atoms with E-state index in [1.54, 1.807) is 12.1 Å². The van der Waals surface area contributed by atoms with Crippen molar-refractivity contribution in [3.05, 3.63) is 35.4 Å². The van der Waals surface area contributed by atoms with Crippen molar-refractivity contribution in [2.24, 2.45) is 11.7 Å². The van der Waals surface area contributed by atoms with E-state index >= 15 is 0 Å². The molecule has 3 N–H and O–H groups in total. The number of rotatable bonds is 6. The van der Waals surface area contributed by atoms with Crippen molar-refractivity contribution in [3.8, 4) is 0 Å². The summed E-state index contributed by atoms with van der Waals surface area (Å²) in [7, 11) is 1.33. The van der Waals surface area contributed by atoms with Gasteiger partial charge in [0.2, 0.25) is 0 Å². The molecule has 0 aromatic heterocycles. The lowest BCUT2D eigenvalue weighted by molar-refractivity contribution is -0.144. The first-order valence-electron chi connectivity index (χ1n) is 7.69. The molecule has 0 saturated heterocycles. The quantitative estimate of drug-likeness (QED) is 0.787. The summed E-state index contributed by atoms with van der Waals surface area (Å²) in [6.45, 7) is 3.88. The number of carbonyl (C=O) groups is 2. The van der Waals surface area contributed by atoms with Gasteiger partial charge in [0.05, 0.1) is 7.11 Å². The van der Waals surface area contributed by atoms with Gasteiger partial charge in [-0.2, -0.15) is 0 Å². The average molecular weight is 304 g/mol. The molecular weight excluding hydrogens is 280 g/mol. The molecule has 0 unspecified atom stereocenters. The Morgan fingerprint density at radius 1 is 1.32 bits per heavy atom. The minimum absolute atomic E-state index is 0.00875. The monoisotopic (exact) mass is 304 g/mol. The van der Waals surface area contributed by atoms with Gasteiger partial charge in [0.15, 0.2) is 0 Å². The molecule has 5 heteroatoms. The van der Waals surface area contributed by atoms with Crippen LogP contribution in [-0.4, -0.2) is 25.0 Å². The summed E-state index contributed by atoms with van der Waals surface area (Å²) in [6, 6.07) is 6.65. The molecule has 1 amide bonds. The predicted octanol–water partition coefficient (Wildman–Crippen LogP) is 1.95. The van der Waals surface area contributed by atoms with Crippen molar-refractivity contribution in [1.29, 1.82) is 0 Å². The van der Waals surface area contributed by atoms with Gasteiger partial charge in [0.1, 0.15) is 6.04 Å². The molecule has 0 aliphatic heterocycles. The molecule has 1 saturated carbocycles. The van der Waals surface area contributed by atoms with Crippen LogP contribution in [0.1, 0.15) is 49.0 Å². The van der Waals surface area contributed by atoms with E-state index in [1.807, 2.05) is 26.0 Å². The first-order valence-corrected chi connectivity index (χ1v) is 7.69. The van der Waals surface area contributed by atoms with E-state index in [0.717, 1.165) is 24.8 Å². The number of methoxy groups -OCH3 is 1. The number of hydrogen-bond donors (Lipinski definition) is 2. The lowest BCUT2D eigenvalue weighted by Crippen LogP contribution is -2.45. The fraction of sp³-hybridized carbons (Fsp3) is 0.529. The van der Waals surface area contributed by atoms with Crippen LogP contribution in [0.3, 0.4) is 0 Å². The highest BCUT2D eigenvalue weighted by molar-refractivity contribution is 5.96. The Labute approximate surface area is 131 Å². The van der Waals surface area contributed by atoms with Crippen molar-refractivity contribution >= 4 is 11.9 Å². The smallest absolute Gasteiger partial charge is 0.328 e. The third-order valence-corrected chi connectivity index (χ3v) is 4.47. The topological polar surface area (TPSA) is 81.4 Å². The Kier molecular flexibility index (Phi) is 4.86. The fourth-order valence-corrected chi connectivity index (χ4v) is 2.40. The number of carbonyl (C=O) groups excluding carboxylic acids is 2. The van der Waals surface area contributed by atoms with Crippen LogP contribution in [0.15, 0.2) is 24.3 Å². The lowest BCUT2D eigenvalue weighted by Gasteiger charge is -2.22. The van der Waals surface area contributed by atoms with Gasteiger partial charge in [-0.3, -0.25) is 4.79 Å². The number of nitrogens with two attached hydrogens (primary N) is 1. The maximum absolute atomic E-state index is 12.3. The third-order valence-electron chi connectivity index (χ3n) is 4.47. The Morgan fingerprint density at radius 2 is 1.91 bits per heavy atom. The summed E-state index contributed by atoms with van der Waals surface area (Å²) < 4.78 is 4.77. The first kappa shape index (κ1) is 16.5. The van der Waals surface area contributed by atoms with Crippen LogP contribution >= 0.6 is 0 Å². The standard InChI is InChI=1S/C17H24N2O3/c1-4-11(2)14(16(21)22-3)19-15(20)12-5-7-13(8-6-12)17(18)9-10-17/h5-8,11,14H,4,9-10,18H2,1-3H3,(H,19,20)/t11-,14-/m0/s1. The van der Waals surface area contributed by atoms with Crippen LogP contribution in [-0.2, 0) is 15.1 Å². The second kappa shape index (κ2) is 6.48. The van der Waals surface area contributed by atoms with Crippen LogP contribution in [0, 0.1) is 5.92 Å². The second-order valence-corrected chi connectivity index (χ2v) is 6.09. The van der Waals surface area contributed by atoms with E-state index in [2.05, 4.69) is 5.32 Å². The van der Waals surface area contributed by atoms with Gasteiger partial charge >= 0.3 is 5.97 Å². The van der Waals surface area contributed by atoms with Gasteiger partial charge in [0, 0.05) is 11.1 Å². The minimum atomic E-state index is -0.633. The number of esters is 1. The molecule has 22 heavy (non-hydrogen) atoms. The highest BCUT2D eigenvalue weighted by Crippen LogP contribution is 2.42. The van der Waals surface area contributed by atoms with E-state index in [1.165, 1.54) is 7.11 Å². The Bertz CT molecular complexity index is 550. The number of ether oxygens (including phenoxy) is 1. The molecule has 1 aromatic rings. The number of hydrogen-bond acceptors (Lipinski definition) is 4. The van der Waals surface area contributed by atoms with Gasteiger partial charge in [-0.05, 0) is 36.5 Å². The zero-order valence-corrected chi connectivity index (χ0v) is 13.4. The number of nitrogens with one attached hydrogen (secondary N) is 1. The van der Waals surface area contributed by atoms with E-state index in [-0.39, 0.29) is 17.4 Å². The molecule has 0 radical (unpaired) electrons. The fourth-order valence-electron chi connectivity index (χ4n) is 2.40. The van der Waals surface area contributed by atoms with Crippen molar-refractivity contribution in [2.75, 3.05) is 7.11 Å². The van der Waals surface area contributed by atoms with Crippen molar-refractivity contribution in [3.63, 3.8) is 0 Å². The molecule has 0 heterocycles. The zero-order valence-electron chi connectivity index (χ0n) is 13.4. The highest BCUT2D eigenvalue weighted by atomic mass is 16.5. The lowest BCUT2D eigenvalue weighted by atomic mass is 9.98. The van der Waals surface area contributed by atoms with E-state index in [4.69, 9.17) is 10.5 Å². The predicted molar refractivity (Wildman–Crippen MR) is 84.3 cm³/mol. The molecule has 0 bridgehead atoms. The van der Waals surface area contributed by atoms with Crippen LogP contribution in [0.25, 0.3) is 0 Å². The van der Waals surface area contributed by atoms with E-state index in [0.29, 0.717) is 5.56 Å². The summed E-state index contributed by atoms with van der Waals surface area (Å²) in [4.78, 5) is 24.1. The van der Waals surface area contributed by atoms with Crippen molar-refractivity contribution in [2.45, 2.75) is 44.7 Å². The third kappa shape index (κ3) is 3.47. The maximum atomic E-state index is 12.3. The zero-order chi connectivity index (χ0) is 16.3. The first-order chi connectivity index (χ1) is 10.4. The largest absolute Gasteiger partial charge is 0.467 e. The Morgan fingerprint density at radius 3 is 2.36 bits per heavy atom. The normalized spacial score (nSPS) is 18.2. The van der Waals surface area contributed by atoms with Crippen molar-refractivity contribution in [1.82, 2.24) is 5.32 Å².